The minimum atomic E-state index is -0.592. The Kier molecular flexibility index (Phi) is 5.83. The molecule has 132 valence electrons. The monoisotopic (exact) mass is 356 g/mol. The summed E-state index contributed by atoms with van der Waals surface area (Å²) in [5, 5.41) is 1.36. The molecule has 1 aliphatic heterocycles. The second-order valence-corrected chi connectivity index (χ2v) is 7.19. The molecule has 1 fully saturated rings. The molecule has 1 N–H and O–H groups in total. The van der Waals surface area contributed by atoms with Gasteiger partial charge in [0, 0.05) is 13.0 Å². The Morgan fingerprint density at radius 1 is 1.42 bits per heavy atom. The highest BCUT2D eigenvalue weighted by Crippen LogP contribution is 2.20. The first-order valence-corrected chi connectivity index (χ1v) is 8.27. The molecule has 2 rings (SSSR count). The van der Waals surface area contributed by atoms with Crippen LogP contribution in [0.2, 0.25) is 5.02 Å². The van der Waals surface area contributed by atoms with Gasteiger partial charge >= 0.3 is 6.09 Å². The van der Waals surface area contributed by atoms with E-state index in [2.05, 4.69) is 5.43 Å². The van der Waals surface area contributed by atoms with Crippen molar-refractivity contribution in [2.75, 3.05) is 6.54 Å². The van der Waals surface area contributed by atoms with Gasteiger partial charge in [0.05, 0.1) is 11.1 Å². The summed E-state index contributed by atoms with van der Waals surface area (Å²) < 4.78 is 19.1. The standard InChI is InChI=1S/C17H22ClFN2O3/c1-17(2,3)24-16(23)21-10-9-13(20-21)14(22)8-7-11-5-4-6-12(18)15(11)19/h4-6,13,20H,7-10H2,1-3H3/t13-/m1/s1. The molecule has 0 aromatic heterocycles. The predicted octanol–water partition coefficient (Wildman–Crippen LogP) is 3.49. The molecule has 0 saturated carbocycles. The molecule has 0 bridgehead atoms. The first kappa shape index (κ1) is 18.7. The number of nitrogens with zero attached hydrogens (tertiary/aromatic N) is 1. The average Bonchev–Trinajstić information content (AvgIpc) is 2.97. The highest BCUT2D eigenvalue weighted by atomic mass is 35.5. The molecule has 1 atom stereocenters. The number of aryl methyl sites for hydroxylation is 1. The smallest absolute Gasteiger partial charge is 0.424 e. The van der Waals surface area contributed by atoms with E-state index in [-0.39, 0.29) is 23.6 Å². The number of carbonyl (C=O) groups excluding carboxylic acids is 2. The summed E-state index contributed by atoms with van der Waals surface area (Å²) in [5.74, 6) is -0.554. The van der Waals surface area contributed by atoms with Gasteiger partial charge in [-0.3, -0.25) is 4.79 Å². The van der Waals surface area contributed by atoms with Gasteiger partial charge in [0.25, 0.3) is 0 Å². The Morgan fingerprint density at radius 2 is 2.12 bits per heavy atom. The van der Waals surface area contributed by atoms with Crippen LogP contribution in [0.5, 0.6) is 0 Å². The largest absolute Gasteiger partial charge is 0.443 e. The number of Topliss-reactive ketones (excluding diaryl/α,β-unsaturated/α-hetero) is 1. The molecule has 1 aliphatic rings. The van der Waals surface area contributed by atoms with Crippen LogP contribution in [0.1, 0.15) is 39.2 Å². The summed E-state index contributed by atoms with van der Waals surface area (Å²) in [6, 6.07) is 4.28. The summed E-state index contributed by atoms with van der Waals surface area (Å²) in [7, 11) is 0. The molecule has 1 heterocycles. The van der Waals surface area contributed by atoms with Crippen molar-refractivity contribution < 1.29 is 18.7 Å². The van der Waals surface area contributed by atoms with E-state index in [9.17, 15) is 14.0 Å². The Hall–Kier alpha value is -1.66. The number of hydrogen-bond donors (Lipinski definition) is 1. The van der Waals surface area contributed by atoms with Gasteiger partial charge < -0.3 is 4.74 Å². The van der Waals surface area contributed by atoms with Crippen molar-refractivity contribution in [2.24, 2.45) is 0 Å². The van der Waals surface area contributed by atoms with Gasteiger partial charge in [-0.15, -0.1) is 0 Å². The van der Waals surface area contributed by atoms with E-state index in [4.69, 9.17) is 16.3 Å². The van der Waals surface area contributed by atoms with Crippen molar-refractivity contribution in [3.63, 3.8) is 0 Å². The maximum Gasteiger partial charge on any atom is 0.424 e. The van der Waals surface area contributed by atoms with Gasteiger partial charge in [0.2, 0.25) is 0 Å². The number of hydrazine groups is 1. The average molecular weight is 357 g/mol. The van der Waals surface area contributed by atoms with E-state index >= 15 is 0 Å². The van der Waals surface area contributed by atoms with Crippen LogP contribution in [0.4, 0.5) is 9.18 Å². The van der Waals surface area contributed by atoms with Gasteiger partial charge in [0.1, 0.15) is 11.4 Å². The van der Waals surface area contributed by atoms with Crippen LogP contribution in [-0.2, 0) is 16.0 Å². The fraction of sp³-hybridized carbons (Fsp3) is 0.529. The predicted molar refractivity (Wildman–Crippen MR) is 89.2 cm³/mol. The number of amides is 1. The van der Waals surface area contributed by atoms with E-state index in [1.54, 1.807) is 32.9 Å². The molecule has 0 spiro atoms. The SMILES string of the molecule is CC(C)(C)OC(=O)N1CC[C@H](C(=O)CCc2cccc(Cl)c2F)N1. The minimum absolute atomic E-state index is 0.0510. The van der Waals surface area contributed by atoms with E-state index in [1.807, 2.05) is 0 Å². The van der Waals surface area contributed by atoms with Gasteiger partial charge in [-0.1, -0.05) is 23.7 Å². The lowest BCUT2D eigenvalue weighted by molar-refractivity contribution is -0.121. The van der Waals surface area contributed by atoms with Crippen LogP contribution in [-0.4, -0.2) is 35.1 Å². The number of hydrogen-bond acceptors (Lipinski definition) is 4. The van der Waals surface area contributed by atoms with Crippen molar-refractivity contribution in [2.45, 2.75) is 51.7 Å². The Morgan fingerprint density at radius 3 is 2.79 bits per heavy atom. The van der Waals surface area contributed by atoms with Crippen LogP contribution < -0.4 is 5.43 Å². The molecular weight excluding hydrogens is 335 g/mol. The van der Waals surface area contributed by atoms with Crippen molar-refractivity contribution in [1.82, 2.24) is 10.4 Å². The Balaban J connectivity index is 1.86. The topological polar surface area (TPSA) is 58.6 Å². The first-order valence-electron chi connectivity index (χ1n) is 7.89. The number of ether oxygens (including phenoxy) is 1. The van der Waals surface area contributed by atoms with Crippen molar-refractivity contribution >= 4 is 23.5 Å². The molecule has 1 aromatic rings. The van der Waals surface area contributed by atoms with Crippen LogP contribution in [0.15, 0.2) is 18.2 Å². The normalized spacial score (nSPS) is 17.9. The zero-order chi connectivity index (χ0) is 17.9. The molecule has 5 nitrogen and oxygen atoms in total. The zero-order valence-corrected chi connectivity index (χ0v) is 14.8. The van der Waals surface area contributed by atoms with Crippen molar-refractivity contribution in [3.05, 3.63) is 34.6 Å². The molecule has 1 aromatic carbocycles. The first-order chi connectivity index (χ1) is 11.2. The van der Waals surface area contributed by atoms with Crippen LogP contribution >= 0.6 is 11.6 Å². The number of nitrogens with one attached hydrogen (secondary N) is 1. The summed E-state index contributed by atoms with van der Waals surface area (Å²) >= 11 is 5.73. The summed E-state index contributed by atoms with van der Waals surface area (Å²) in [4.78, 5) is 24.2. The second-order valence-electron chi connectivity index (χ2n) is 6.78. The summed E-state index contributed by atoms with van der Waals surface area (Å²) in [5.41, 5.74) is 2.69. The minimum Gasteiger partial charge on any atom is -0.443 e. The lowest BCUT2D eigenvalue weighted by Gasteiger charge is -2.24. The molecule has 0 aliphatic carbocycles. The van der Waals surface area contributed by atoms with Gasteiger partial charge in [-0.25, -0.2) is 19.6 Å². The molecule has 0 unspecified atom stereocenters. The Bertz CT molecular complexity index is 631. The molecular formula is C17H22ClFN2O3. The van der Waals surface area contributed by atoms with Crippen LogP contribution in [0, 0.1) is 5.82 Å². The van der Waals surface area contributed by atoms with Gasteiger partial charge in [0.15, 0.2) is 5.78 Å². The maximum absolute atomic E-state index is 13.8. The lowest BCUT2D eigenvalue weighted by atomic mass is 10.0. The van der Waals surface area contributed by atoms with Crippen molar-refractivity contribution in [3.8, 4) is 0 Å². The maximum atomic E-state index is 13.8. The summed E-state index contributed by atoms with van der Waals surface area (Å²) in [6.45, 7) is 5.74. The van der Waals surface area contributed by atoms with Crippen molar-refractivity contribution in [1.29, 1.82) is 0 Å². The zero-order valence-electron chi connectivity index (χ0n) is 14.1. The van der Waals surface area contributed by atoms with Gasteiger partial charge in [-0.05, 0) is 45.2 Å². The van der Waals surface area contributed by atoms with E-state index in [1.165, 1.54) is 11.1 Å². The van der Waals surface area contributed by atoms with E-state index in [0.29, 0.717) is 18.5 Å². The molecule has 0 radical (unpaired) electrons. The number of ketones is 1. The third-order valence-corrected chi connectivity index (χ3v) is 3.92. The third kappa shape index (κ3) is 4.92. The molecule has 1 amide bonds. The lowest BCUT2D eigenvalue weighted by Crippen LogP contribution is -2.45. The number of benzene rings is 1. The van der Waals surface area contributed by atoms with Gasteiger partial charge in [-0.2, -0.15) is 0 Å². The fourth-order valence-corrected chi connectivity index (χ4v) is 2.64. The Labute approximate surface area is 146 Å². The summed E-state index contributed by atoms with van der Waals surface area (Å²) in [6.07, 6.45) is 0.460. The molecule has 7 heteroatoms. The van der Waals surface area contributed by atoms with Crippen LogP contribution in [0.25, 0.3) is 0 Å². The third-order valence-electron chi connectivity index (χ3n) is 3.63. The quantitative estimate of drug-likeness (QED) is 0.897. The van der Waals surface area contributed by atoms with E-state index < -0.39 is 23.6 Å². The highest BCUT2D eigenvalue weighted by Gasteiger charge is 2.32. The number of carbonyl (C=O) groups is 2. The molecule has 24 heavy (non-hydrogen) atoms. The van der Waals surface area contributed by atoms with Crippen LogP contribution in [0.3, 0.4) is 0 Å². The number of rotatable bonds is 4. The second kappa shape index (κ2) is 7.49. The highest BCUT2D eigenvalue weighted by molar-refractivity contribution is 6.30. The number of halogens is 2. The van der Waals surface area contributed by atoms with E-state index in [0.717, 1.165) is 0 Å². The molecule has 1 saturated heterocycles. The fourth-order valence-electron chi connectivity index (χ4n) is 2.44.